The Morgan fingerprint density at radius 1 is 1.33 bits per heavy atom. The molecule has 1 heterocycles. The fourth-order valence-corrected chi connectivity index (χ4v) is 2.43. The Labute approximate surface area is 126 Å². The van der Waals surface area contributed by atoms with E-state index in [0.717, 1.165) is 32.8 Å². The van der Waals surface area contributed by atoms with Gasteiger partial charge in [-0.3, -0.25) is 15.0 Å². The van der Waals surface area contributed by atoms with Gasteiger partial charge in [0.15, 0.2) is 0 Å². The zero-order valence-electron chi connectivity index (χ0n) is 12.6. The summed E-state index contributed by atoms with van der Waals surface area (Å²) in [6.45, 7) is 6.76. The first-order valence-corrected chi connectivity index (χ1v) is 7.53. The molecule has 1 aliphatic heterocycles. The summed E-state index contributed by atoms with van der Waals surface area (Å²) < 4.78 is 10.4. The first-order chi connectivity index (χ1) is 10.3. The van der Waals surface area contributed by atoms with Crippen molar-refractivity contribution in [1.82, 2.24) is 10.2 Å². The van der Waals surface area contributed by atoms with Crippen molar-refractivity contribution >= 4 is 5.97 Å². The molecule has 0 spiro atoms. The van der Waals surface area contributed by atoms with Gasteiger partial charge in [0.1, 0.15) is 0 Å². The summed E-state index contributed by atoms with van der Waals surface area (Å²) in [4.78, 5) is 13.9. The van der Waals surface area contributed by atoms with E-state index in [-0.39, 0.29) is 18.6 Å². The molecule has 1 unspecified atom stereocenters. The molecule has 0 bridgehead atoms. The Hall–Kier alpha value is -1.43. The fraction of sp³-hybridized carbons (Fsp3) is 0.562. The van der Waals surface area contributed by atoms with Crippen LogP contribution in [0.1, 0.15) is 18.5 Å². The molecule has 1 aromatic rings. The van der Waals surface area contributed by atoms with Gasteiger partial charge in [0.05, 0.1) is 26.4 Å². The van der Waals surface area contributed by atoms with E-state index in [1.165, 1.54) is 5.56 Å². The molecule has 1 atom stereocenters. The summed E-state index contributed by atoms with van der Waals surface area (Å²) in [5, 5.41) is 3.31. The van der Waals surface area contributed by atoms with Crippen LogP contribution in [0.15, 0.2) is 30.3 Å². The Bertz CT molecular complexity index is 419. The van der Waals surface area contributed by atoms with E-state index in [0.29, 0.717) is 6.61 Å². The van der Waals surface area contributed by atoms with Crippen LogP contribution in [-0.2, 0) is 14.3 Å². The van der Waals surface area contributed by atoms with Gasteiger partial charge in [0.25, 0.3) is 0 Å². The molecule has 0 aliphatic carbocycles. The van der Waals surface area contributed by atoms with Crippen molar-refractivity contribution in [2.45, 2.75) is 13.0 Å². The summed E-state index contributed by atoms with van der Waals surface area (Å²) in [7, 11) is 0. The van der Waals surface area contributed by atoms with Crippen LogP contribution in [0.3, 0.4) is 0 Å². The minimum Gasteiger partial charge on any atom is -0.465 e. The SMILES string of the molecule is CCOC(=O)CNC(CN1CCOCC1)c1ccccc1. The normalized spacial score (nSPS) is 17.4. The molecule has 0 radical (unpaired) electrons. The zero-order valence-corrected chi connectivity index (χ0v) is 12.6. The van der Waals surface area contributed by atoms with E-state index in [2.05, 4.69) is 22.3 Å². The van der Waals surface area contributed by atoms with Crippen molar-refractivity contribution in [3.63, 3.8) is 0 Å². The Balaban J connectivity index is 1.94. The quantitative estimate of drug-likeness (QED) is 0.766. The third kappa shape index (κ3) is 5.46. The Morgan fingerprint density at radius 2 is 2.05 bits per heavy atom. The standard InChI is InChI=1S/C16H24N2O3/c1-2-21-16(19)12-17-15(14-6-4-3-5-7-14)13-18-8-10-20-11-9-18/h3-7,15,17H,2,8-13H2,1H3. The first kappa shape index (κ1) is 15.9. The van der Waals surface area contributed by atoms with E-state index in [4.69, 9.17) is 9.47 Å². The number of esters is 1. The Morgan fingerprint density at radius 3 is 2.71 bits per heavy atom. The molecule has 1 saturated heterocycles. The second-order valence-corrected chi connectivity index (χ2v) is 5.06. The predicted octanol–water partition coefficient (Wildman–Crippen LogP) is 1.21. The highest BCUT2D eigenvalue weighted by atomic mass is 16.5. The second kappa shape index (κ2) is 8.77. The van der Waals surface area contributed by atoms with Gasteiger partial charge >= 0.3 is 5.97 Å². The van der Waals surface area contributed by atoms with Crippen molar-refractivity contribution in [2.24, 2.45) is 0 Å². The summed E-state index contributed by atoms with van der Waals surface area (Å²) in [5.74, 6) is -0.208. The number of hydrogen-bond donors (Lipinski definition) is 1. The third-order valence-corrected chi connectivity index (χ3v) is 3.54. The van der Waals surface area contributed by atoms with Crippen molar-refractivity contribution in [1.29, 1.82) is 0 Å². The highest BCUT2D eigenvalue weighted by Gasteiger charge is 2.18. The topological polar surface area (TPSA) is 50.8 Å². The van der Waals surface area contributed by atoms with Crippen LogP contribution in [0.25, 0.3) is 0 Å². The minimum atomic E-state index is -0.208. The molecule has 21 heavy (non-hydrogen) atoms. The summed E-state index contributed by atoms with van der Waals surface area (Å²) >= 11 is 0. The predicted molar refractivity (Wildman–Crippen MR) is 81.1 cm³/mol. The van der Waals surface area contributed by atoms with Crippen LogP contribution in [0.2, 0.25) is 0 Å². The molecular formula is C16H24N2O3. The zero-order chi connectivity index (χ0) is 14.9. The van der Waals surface area contributed by atoms with Gasteiger partial charge in [-0.25, -0.2) is 0 Å². The molecule has 0 aromatic heterocycles. The lowest BCUT2D eigenvalue weighted by atomic mass is 10.1. The maximum absolute atomic E-state index is 11.6. The maximum Gasteiger partial charge on any atom is 0.319 e. The molecule has 5 heteroatoms. The van der Waals surface area contributed by atoms with E-state index >= 15 is 0 Å². The van der Waals surface area contributed by atoms with Gasteiger partial charge in [0, 0.05) is 25.7 Å². The van der Waals surface area contributed by atoms with Gasteiger partial charge in [-0.1, -0.05) is 30.3 Å². The number of nitrogens with zero attached hydrogens (tertiary/aromatic N) is 1. The maximum atomic E-state index is 11.6. The summed E-state index contributed by atoms with van der Waals surface area (Å²) in [6, 6.07) is 10.3. The molecule has 2 rings (SSSR count). The van der Waals surface area contributed by atoms with Gasteiger partial charge in [0.2, 0.25) is 0 Å². The summed E-state index contributed by atoms with van der Waals surface area (Å²) in [5.41, 5.74) is 1.19. The van der Waals surface area contributed by atoms with Gasteiger partial charge < -0.3 is 9.47 Å². The first-order valence-electron chi connectivity index (χ1n) is 7.53. The number of morpholine rings is 1. The lowest BCUT2D eigenvalue weighted by Gasteiger charge is -2.31. The molecule has 1 N–H and O–H groups in total. The van der Waals surface area contributed by atoms with Crippen LogP contribution in [0.4, 0.5) is 0 Å². The third-order valence-electron chi connectivity index (χ3n) is 3.54. The number of benzene rings is 1. The van der Waals surface area contributed by atoms with Crippen LogP contribution < -0.4 is 5.32 Å². The van der Waals surface area contributed by atoms with E-state index in [9.17, 15) is 4.79 Å². The van der Waals surface area contributed by atoms with Crippen LogP contribution in [-0.4, -0.2) is 56.9 Å². The van der Waals surface area contributed by atoms with Crippen LogP contribution in [0, 0.1) is 0 Å². The number of ether oxygens (including phenoxy) is 2. The van der Waals surface area contributed by atoms with E-state index < -0.39 is 0 Å². The molecule has 116 valence electrons. The lowest BCUT2D eigenvalue weighted by Crippen LogP contribution is -2.42. The fourth-order valence-electron chi connectivity index (χ4n) is 2.43. The number of hydrogen-bond acceptors (Lipinski definition) is 5. The largest absolute Gasteiger partial charge is 0.465 e. The van der Waals surface area contributed by atoms with Crippen molar-refractivity contribution in [3.05, 3.63) is 35.9 Å². The van der Waals surface area contributed by atoms with Crippen LogP contribution in [0.5, 0.6) is 0 Å². The molecule has 1 aromatic carbocycles. The molecule has 1 aliphatic rings. The number of carbonyl (C=O) groups is 1. The molecule has 0 amide bonds. The monoisotopic (exact) mass is 292 g/mol. The summed E-state index contributed by atoms with van der Waals surface area (Å²) in [6.07, 6.45) is 0. The van der Waals surface area contributed by atoms with Crippen molar-refractivity contribution in [3.8, 4) is 0 Å². The minimum absolute atomic E-state index is 0.119. The Kier molecular flexibility index (Phi) is 6.66. The number of carbonyl (C=O) groups excluding carboxylic acids is 1. The average Bonchev–Trinajstić information content (AvgIpc) is 2.53. The van der Waals surface area contributed by atoms with Crippen LogP contribution >= 0.6 is 0 Å². The molecule has 5 nitrogen and oxygen atoms in total. The highest BCUT2D eigenvalue weighted by Crippen LogP contribution is 2.15. The molecular weight excluding hydrogens is 268 g/mol. The molecule has 1 fully saturated rings. The van der Waals surface area contributed by atoms with Gasteiger partial charge in [-0.05, 0) is 12.5 Å². The average molecular weight is 292 g/mol. The molecule has 0 saturated carbocycles. The van der Waals surface area contributed by atoms with Gasteiger partial charge in [-0.2, -0.15) is 0 Å². The van der Waals surface area contributed by atoms with E-state index in [1.54, 1.807) is 0 Å². The van der Waals surface area contributed by atoms with Crippen molar-refractivity contribution in [2.75, 3.05) is 46.0 Å². The van der Waals surface area contributed by atoms with E-state index in [1.807, 2.05) is 25.1 Å². The lowest BCUT2D eigenvalue weighted by molar-refractivity contribution is -0.142. The number of rotatable bonds is 7. The highest BCUT2D eigenvalue weighted by molar-refractivity contribution is 5.71. The van der Waals surface area contributed by atoms with Gasteiger partial charge in [-0.15, -0.1) is 0 Å². The number of nitrogens with one attached hydrogen (secondary N) is 1. The smallest absolute Gasteiger partial charge is 0.319 e. The second-order valence-electron chi connectivity index (χ2n) is 5.06. The van der Waals surface area contributed by atoms with Crippen molar-refractivity contribution < 1.29 is 14.3 Å².